The molecule has 3 nitrogen and oxygen atoms in total. The molecule has 0 fully saturated rings. The van der Waals surface area contributed by atoms with Gasteiger partial charge < -0.3 is 10.1 Å². The fourth-order valence-corrected chi connectivity index (χ4v) is 6.85. The predicted molar refractivity (Wildman–Crippen MR) is 185 cm³/mol. The van der Waals surface area contributed by atoms with E-state index in [4.69, 9.17) is 14.9 Å². The summed E-state index contributed by atoms with van der Waals surface area (Å²) in [5.41, 5.74) is 10.2. The van der Waals surface area contributed by atoms with Crippen molar-refractivity contribution in [2.75, 3.05) is 0 Å². The van der Waals surface area contributed by atoms with Crippen LogP contribution in [0.25, 0.3) is 55.1 Å². The molecule has 2 N–H and O–H groups in total. The molecule has 1 aromatic heterocycles. The number of ketones is 1. The van der Waals surface area contributed by atoms with E-state index in [9.17, 15) is 0 Å². The molecular weight excluding hydrogens is 731 g/mol. The molecule has 0 bridgehead atoms. The topological polar surface area (TPSA) is 54.5 Å². The van der Waals surface area contributed by atoms with Crippen molar-refractivity contribution in [2.24, 2.45) is 0 Å². The van der Waals surface area contributed by atoms with Crippen molar-refractivity contribution < 1.29 is 30.0 Å². The standard InChI is InChI=1S/C36H28N.C5H8O2.Ir/c1-3-36(4-2)33-12-8-7-11-30(33)31-19-18-27(23-34(31)36)24-13-15-26(16-14-24)35-32-20-17-25-9-5-6-10-28(25)29(32)21-22-37-35;1-4(6)3-5(2)7;/h5-15,17-23H,3-4H2,1-2H3;3,6H,1-2H3;/q-1;;/p+1/b;4-3-;. The molecule has 7 rings (SSSR count). The van der Waals surface area contributed by atoms with E-state index < -0.39 is 0 Å². The minimum absolute atomic E-state index is 0. The van der Waals surface area contributed by atoms with E-state index in [1.807, 2.05) is 6.20 Å². The van der Waals surface area contributed by atoms with Gasteiger partial charge in [0.15, 0.2) is 0 Å². The van der Waals surface area contributed by atoms with Crippen LogP contribution in [0.2, 0.25) is 0 Å². The van der Waals surface area contributed by atoms with Crippen LogP contribution in [0.1, 0.15) is 51.7 Å². The summed E-state index contributed by atoms with van der Waals surface area (Å²) in [6.45, 7) is 7.65. The van der Waals surface area contributed by atoms with E-state index in [1.165, 1.54) is 69.5 Å². The minimum Gasteiger partial charge on any atom is -0.512 e. The molecule has 1 aliphatic carbocycles. The average molecular weight is 768 g/mol. The maximum atomic E-state index is 8.40. The first-order valence-corrected chi connectivity index (χ1v) is 15.3. The first-order chi connectivity index (χ1) is 21.4. The van der Waals surface area contributed by atoms with Crippen molar-refractivity contribution in [3.05, 3.63) is 138 Å². The minimum atomic E-state index is 0. The molecule has 0 unspecified atom stereocenters. The molecule has 5 aromatic carbocycles. The zero-order valence-corrected chi connectivity index (χ0v) is 28.5. The van der Waals surface area contributed by atoms with Crippen LogP contribution in [0.4, 0.5) is 0 Å². The smallest absolute Gasteiger partial charge is 0.316 e. The second kappa shape index (κ2) is 13.3. The molecule has 0 spiro atoms. The maximum Gasteiger partial charge on any atom is 0.316 e. The monoisotopic (exact) mass is 768 g/mol. The Morgan fingerprint density at radius 1 is 0.778 bits per heavy atom. The number of benzene rings is 5. The second-order valence-corrected chi connectivity index (χ2v) is 11.6. The number of fused-ring (bicyclic) bond motifs is 6. The number of aliphatic hydroxyl groups excluding tert-OH is 1. The van der Waals surface area contributed by atoms with Gasteiger partial charge in [0.2, 0.25) is 0 Å². The van der Waals surface area contributed by atoms with Gasteiger partial charge in [0, 0.05) is 31.7 Å². The fourth-order valence-electron chi connectivity index (χ4n) is 6.85. The van der Waals surface area contributed by atoms with Crippen LogP contribution in [-0.2, 0) is 25.5 Å². The van der Waals surface area contributed by atoms with Crippen LogP contribution in [-0.4, -0.2) is 20.7 Å². The zero-order valence-electron chi connectivity index (χ0n) is 26.1. The Hall–Kier alpha value is -4.37. The predicted octanol–water partition coefficient (Wildman–Crippen LogP) is 10.6. The molecule has 0 saturated carbocycles. The number of nitrogens with zero attached hydrogens (tertiary/aromatic N) is 1. The number of pyridine rings is 1. The summed E-state index contributed by atoms with van der Waals surface area (Å²) in [7, 11) is 0. The van der Waals surface area contributed by atoms with Crippen molar-refractivity contribution >= 4 is 27.3 Å². The first-order valence-electron chi connectivity index (χ1n) is 15.3. The van der Waals surface area contributed by atoms with Gasteiger partial charge in [-0.05, 0) is 75.3 Å². The summed E-state index contributed by atoms with van der Waals surface area (Å²) in [5, 5.41) is 13.3. The molecule has 0 saturated heterocycles. The Balaban J connectivity index is 0.000000452. The number of rotatable bonds is 5. The fraction of sp³-hybridized carbons (Fsp3) is 0.171. The van der Waals surface area contributed by atoms with Crippen LogP contribution in [0.15, 0.2) is 121 Å². The number of hydrogen-bond acceptors (Lipinski definition) is 2. The first kappa shape index (κ1) is 32.0. The molecule has 6 aromatic rings. The molecule has 1 aliphatic rings. The third-order valence-electron chi connectivity index (χ3n) is 8.96. The molecule has 4 heteroatoms. The van der Waals surface area contributed by atoms with Crippen LogP contribution in [0.3, 0.4) is 0 Å². The summed E-state index contributed by atoms with van der Waals surface area (Å²) < 4.78 is 0. The summed E-state index contributed by atoms with van der Waals surface area (Å²) >= 11 is 0. The molecule has 0 amide bonds. The van der Waals surface area contributed by atoms with Gasteiger partial charge >= 0.3 is 5.78 Å². The van der Waals surface area contributed by atoms with Gasteiger partial charge in [-0.3, -0.25) is 4.79 Å². The van der Waals surface area contributed by atoms with Crippen molar-refractivity contribution in [1.29, 1.82) is 0 Å². The molecule has 45 heavy (non-hydrogen) atoms. The van der Waals surface area contributed by atoms with Crippen LogP contribution in [0, 0.1) is 6.07 Å². The molecular formula is C41H37IrNO2. The third kappa shape index (κ3) is 5.89. The van der Waals surface area contributed by atoms with Gasteiger partial charge in [-0.15, -0.1) is 29.8 Å². The molecule has 1 radical (unpaired) electrons. The number of carbonyl (C=O) groups excluding carboxylic acids is 1. The van der Waals surface area contributed by atoms with Crippen LogP contribution < -0.4 is 0 Å². The summed E-state index contributed by atoms with van der Waals surface area (Å²) in [6, 6.07) is 41.1. The van der Waals surface area contributed by atoms with Gasteiger partial charge in [0.05, 0.1) is 18.8 Å². The molecule has 227 valence electrons. The number of aromatic nitrogens is 1. The maximum absolute atomic E-state index is 8.40. The number of allylic oxidation sites excluding steroid dienone is 2. The van der Waals surface area contributed by atoms with Crippen molar-refractivity contribution in [3.8, 4) is 33.5 Å². The van der Waals surface area contributed by atoms with E-state index in [0.29, 0.717) is 0 Å². The average Bonchev–Trinajstić information content (AvgIpc) is 3.33. The Kier molecular flexibility index (Phi) is 9.48. The second-order valence-electron chi connectivity index (χ2n) is 11.6. The summed E-state index contributed by atoms with van der Waals surface area (Å²) in [5.74, 6) is 0.250. The van der Waals surface area contributed by atoms with Gasteiger partial charge in [-0.2, -0.15) is 0 Å². The van der Waals surface area contributed by atoms with E-state index in [1.54, 1.807) is 0 Å². The van der Waals surface area contributed by atoms with E-state index >= 15 is 0 Å². The molecule has 0 atom stereocenters. The van der Waals surface area contributed by atoms with Gasteiger partial charge in [0.1, 0.15) is 0 Å². The third-order valence-corrected chi connectivity index (χ3v) is 8.96. The van der Waals surface area contributed by atoms with E-state index in [-0.39, 0.29) is 37.1 Å². The van der Waals surface area contributed by atoms with E-state index in [2.05, 4.69) is 123 Å². The Morgan fingerprint density at radius 3 is 2.18 bits per heavy atom. The number of hydrogen-bond donors (Lipinski definition) is 1. The van der Waals surface area contributed by atoms with Gasteiger partial charge in [0.25, 0.3) is 0 Å². The molecule has 0 aliphatic heterocycles. The number of aliphatic hydroxyl groups is 1. The Bertz CT molecular complexity index is 2030. The summed E-state index contributed by atoms with van der Waals surface area (Å²) in [4.78, 5) is 13.2. The Morgan fingerprint density at radius 2 is 1.49 bits per heavy atom. The zero-order chi connectivity index (χ0) is 30.8. The molecule has 1 heterocycles. The summed E-state index contributed by atoms with van der Waals surface area (Å²) in [6.07, 6.45) is 5.39. The Labute approximate surface area is 279 Å². The van der Waals surface area contributed by atoms with Gasteiger partial charge in [-0.25, -0.2) is 0 Å². The van der Waals surface area contributed by atoms with Gasteiger partial charge in [-0.1, -0.05) is 104 Å². The van der Waals surface area contributed by atoms with Crippen molar-refractivity contribution in [2.45, 2.75) is 46.0 Å². The largest absolute Gasteiger partial charge is 0.512 e. The van der Waals surface area contributed by atoms with Crippen molar-refractivity contribution in [3.63, 3.8) is 0 Å². The van der Waals surface area contributed by atoms with Crippen LogP contribution in [0.5, 0.6) is 0 Å². The SMILES string of the molecule is CC(=[OH+])/C=C(/C)O.CCC1(CC)c2ccccc2-c2ccc(-c3c[c-]c(-c4nccc5c4ccc4ccccc45)cc3)cc21.[Ir]. The van der Waals surface area contributed by atoms with Crippen molar-refractivity contribution in [1.82, 2.24) is 4.98 Å². The quantitative estimate of drug-likeness (QED) is 0.0624. The van der Waals surface area contributed by atoms with Crippen LogP contribution >= 0.6 is 0 Å². The van der Waals surface area contributed by atoms with E-state index in [0.717, 1.165) is 29.5 Å². The normalized spacial score (nSPS) is 12.9.